The number of carbonyl (C=O) groups excluding carboxylic acids is 1. The number of ether oxygens (including phenoxy) is 2. The number of benzene rings is 2. The van der Waals surface area contributed by atoms with Crippen molar-refractivity contribution in [3.05, 3.63) is 82.0 Å². The number of halogens is 4. The number of anilines is 1. The molecule has 0 amide bonds. The van der Waals surface area contributed by atoms with Gasteiger partial charge in [0.15, 0.2) is 23.1 Å². The van der Waals surface area contributed by atoms with Gasteiger partial charge in [0, 0.05) is 18.3 Å². The van der Waals surface area contributed by atoms with Crippen molar-refractivity contribution in [1.29, 1.82) is 0 Å². The number of pyridine rings is 1. The highest BCUT2D eigenvalue weighted by atomic mass is 19.2. The Kier molecular flexibility index (Phi) is 6.21. The minimum Gasteiger partial charge on any atom is -0.449 e. The lowest BCUT2D eigenvalue weighted by atomic mass is 10.2. The number of nitrogens with two attached hydrogens (primary N) is 1. The molecule has 0 bridgehead atoms. The lowest BCUT2D eigenvalue weighted by Gasteiger charge is -2.20. The van der Waals surface area contributed by atoms with Crippen molar-refractivity contribution in [3.63, 3.8) is 0 Å². The predicted molar refractivity (Wildman–Crippen MR) is 122 cm³/mol. The maximum Gasteiger partial charge on any atom is 0.420 e. The summed E-state index contributed by atoms with van der Waals surface area (Å²) in [6, 6.07) is 5.82. The molecule has 0 radical (unpaired) electrons. The highest BCUT2D eigenvalue weighted by Crippen LogP contribution is 2.36. The van der Waals surface area contributed by atoms with Crippen LogP contribution in [0.5, 0.6) is 11.5 Å². The molecule has 0 aliphatic rings. The van der Waals surface area contributed by atoms with Gasteiger partial charge in [-0.25, -0.2) is 27.5 Å². The van der Waals surface area contributed by atoms with E-state index in [-0.39, 0.29) is 29.1 Å². The van der Waals surface area contributed by atoms with Gasteiger partial charge in [-0.05, 0) is 45.0 Å². The van der Waals surface area contributed by atoms with Crippen LogP contribution in [0.25, 0.3) is 11.0 Å². The molecule has 0 saturated heterocycles. The first-order valence-corrected chi connectivity index (χ1v) is 10.6. The van der Waals surface area contributed by atoms with Crippen molar-refractivity contribution < 1.29 is 31.8 Å². The van der Waals surface area contributed by atoms with E-state index in [1.807, 2.05) is 0 Å². The highest BCUT2D eigenvalue weighted by molar-refractivity contribution is 5.91. The molecule has 0 atom stereocenters. The minimum absolute atomic E-state index is 0.0784. The Morgan fingerprint density at radius 1 is 1.08 bits per heavy atom. The van der Waals surface area contributed by atoms with Gasteiger partial charge in [0.25, 0.3) is 5.56 Å². The van der Waals surface area contributed by atoms with E-state index in [0.29, 0.717) is 12.1 Å². The smallest absolute Gasteiger partial charge is 0.420 e. The molecule has 0 aliphatic heterocycles. The van der Waals surface area contributed by atoms with Crippen molar-refractivity contribution in [2.24, 2.45) is 0 Å². The quantitative estimate of drug-likeness (QED) is 0.394. The number of aromatic nitrogens is 3. The van der Waals surface area contributed by atoms with Gasteiger partial charge in [0.1, 0.15) is 22.8 Å². The molecule has 2 aromatic carbocycles. The summed E-state index contributed by atoms with van der Waals surface area (Å²) in [5, 5.41) is 0. The van der Waals surface area contributed by atoms with Crippen LogP contribution in [-0.2, 0) is 11.3 Å². The van der Waals surface area contributed by atoms with Gasteiger partial charge in [0.2, 0.25) is 5.82 Å². The Morgan fingerprint density at radius 2 is 1.81 bits per heavy atom. The molecule has 2 N–H and O–H groups in total. The normalized spacial score (nSPS) is 11.6. The van der Waals surface area contributed by atoms with E-state index in [0.717, 1.165) is 21.3 Å². The van der Waals surface area contributed by atoms with Crippen LogP contribution in [0.3, 0.4) is 0 Å². The first-order chi connectivity index (χ1) is 16.9. The second-order valence-electron chi connectivity index (χ2n) is 8.79. The maximum atomic E-state index is 14.9. The zero-order valence-corrected chi connectivity index (χ0v) is 19.3. The summed E-state index contributed by atoms with van der Waals surface area (Å²) in [6.07, 6.45) is 0.381. The van der Waals surface area contributed by atoms with Gasteiger partial charge in [-0.15, -0.1) is 0 Å². The Balaban J connectivity index is 1.95. The average Bonchev–Trinajstić information content (AvgIpc) is 3.12. The van der Waals surface area contributed by atoms with Gasteiger partial charge in [-0.1, -0.05) is 0 Å². The molecule has 0 unspecified atom stereocenters. The Morgan fingerprint density at radius 3 is 2.47 bits per heavy atom. The van der Waals surface area contributed by atoms with Crippen LogP contribution in [-0.4, -0.2) is 25.8 Å². The zero-order valence-electron chi connectivity index (χ0n) is 19.3. The first kappa shape index (κ1) is 24.8. The largest absolute Gasteiger partial charge is 0.449 e. The number of imidazole rings is 1. The number of rotatable bonds is 4. The monoisotopic (exact) mass is 504 g/mol. The molecule has 188 valence electrons. The van der Waals surface area contributed by atoms with Crippen molar-refractivity contribution in [2.75, 3.05) is 5.73 Å². The fourth-order valence-electron chi connectivity index (χ4n) is 3.39. The third-order valence-electron chi connectivity index (χ3n) is 4.91. The molecule has 12 heteroatoms. The lowest BCUT2D eigenvalue weighted by Crippen LogP contribution is -2.30. The fraction of sp³-hybridized carbons (Fsp3) is 0.208. The second kappa shape index (κ2) is 9.02. The topological polar surface area (TPSA) is 101 Å². The van der Waals surface area contributed by atoms with Crippen molar-refractivity contribution in [1.82, 2.24) is 14.1 Å². The van der Waals surface area contributed by atoms with Crippen LogP contribution < -0.4 is 16.0 Å². The summed E-state index contributed by atoms with van der Waals surface area (Å²) in [7, 11) is 0. The number of hydrogen-bond donors (Lipinski definition) is 1. The van der Waals surface area contributed by atoms with Crippen LogP contribution in [0.15, 0.2) is 47.4 Å². The van der Waals surface area contributed by atoms with E-state index >= 15 is 0 Å². The summed E-state index contributed by atoms with van der Waals surface area (Å²) in [5.41, 5.74) is 3.38. The van der Waals surface area contributed by atoms with E-state index in [1.54, 1.807) is 20.8 Å². The van der Waals surface area contributed by atoms with Gasteiger partial charge in [0.05, 0.1) is 17.7 Å². The first-order valence-electron chi connectivity index (χ1n) is 10.6. The van der Waals surface area contributed by atoms with Crippen molar-refractivity contribution in [2.45, 2.75) is 32.9 Å². The fourth-order valence-corrected chi connectivity index (χ4v) is 3.39. The third-order valence-corrected chi connectivity index (χ3v) is 4.91. The average molecular weight is 504 g/mol. The highest BCUT2D eigenvalue weighted by Gasteiger charge is 2.28. The second-order valence-corrected chi connectivity index (χ2v) is 8.79. The zero-order chi connectivity index (χ0) is 26.4. The summed E-state index contributed by atoms with van der Waals surface area (Å²) in [5.74, 6) is -6.65. The molecule has 0 fully saturated rings. The van der Waals surface area contributed by atoms with Crippen LogP contribution >= 0.6 is 0 Å². The Labute approximate surface area is 201 Å². The summed E-state index contributed by atoms with van der Waals surface area (Å²) in [4.78, 5) is 29.7. The van der Waals surface area contributed by atoms with E-state index in [2.05, 4.69) is 4.98 Å². The molecule has 0 saturated carbocycles. The maximum absolute atomic E-state index is 14.9. The van der Waals surface area contributed by atoms with Crippen molar-refractivity contribution >= 4 is 22.8 Å². The molecule has 0 aliphatic carbocycles. The molecular weight excluding hydrogens is 484 g/mol. The number of carbonyl (C=O) groups is 1. The SMILES string of the molecule is CC(C)(C)OC(=O)n1c(Cn2cccc(N)c2=O)nc2c(Oc3ccc(F)cc3F)c(F)c(F)cc21. The number of hydrogen-bond acceptors (Lipinski definition) is 6. The molecule has 2 aromatic heterocycles. The molecule has 8 nitrogen and oxygen atoms in total. The molecular formula is C24H20F4N4O4. The Bertz CT molecular complexity index is 1560. The summed E-state index contributed by atoms with van der Waals surface area (Å²) < 4.78 is 69.6. The number of nitrogens with zero attached hydrogens (tertiary/aromatic N) is 3. The van der Waals surface area contributed by atoms with Gasteiger partial charge in [-0.3, -0.25) is 4.79 Å². The predicted octanol–water partition coefficient (Wildman–Crippen LogP) is 4.96. The molecule has 36 heavy (non-hydrogen) atoms. The van der Waals surface area contributed by atoms with Gasteiger partial charge >= 0.3 is 6.09 Å². The van der Waals surface area contributed by atoms with Crippen LogP contribution in [0.1, 0.15) is 26.6 Å². The third kappa shape index (κ3) is 4.74. The van der Waals surface area contributed by atoms with E-state index in [9.17, 15) is 27.2 Å². The van der Waals surface area contributed by atoms with E-state index in [1.165, 1.54) is 18.3 Å². The summed E-state index contributed by atoms with van der Waals surface area (Å²) in [6.45, 7) is 4.44. The summed E-state index contributed by atoms with van der Waals surface area (Å²) >= 11 is 0. The lowest BCUT2D eigenvalue weighted by molar-refractivity contribution is 0.0538. The van der Waals surface area contributed by atoms with Gasteiger partial charge in [-0.2, -0.15) is 4.39 Å². The van der Waals surface area contributed by atoms with Crippen LogP contribution in [0.2, 0.25) is 0 Å². The molecule has 2 heterocycles. The number of nitrogen functional groups attached to an aromatic ring is 1. The van der Waals surface area contributed by atoms with Crippen molar-refractivity contribution in [3.8, 4) is 11.5 Å². The number of fused-ring (bicyclic) bond motifs is 1. The Hall–Kier alpha value is -4.35. The minimum atomic E-state index is -1.52. The van der Waals surface area contributed by atoms with E-state index < -0.39 is 52.0 Å². The molecule has 0 spiro atoms. The van der Waals surface area contributed by atoms with Crippen LogP contribution in [0.4, 0.5) is 28.0 Å². The van der Waals surface area contributed by atoms with Gasteiger partial charge < -0.3 is 19.8 Å². The molecule has 4 aromatic rings. The van der Waals surface area contributed by atoms with Crippen LogP contribution in [0, 0.1) is 23.3 Å². The molecule has 4 rings (SSSR count). The van der Waals surface area contributed by atoms with E-state index in [4.69, 9.17) is 15.2 Å². The standard InChI is InChI=1S/C24H20F4N4O4/c1-24(2,3)36-23(34)32-16-10-14(27)19(28)21(35-17-7-6-12(25)9-13(17)26)20(16)30-18(32)11-31-8-4-5-15(29)22(31)33/h4-10H,11,29H2,1-3H3.